The first kappa shape index (κ1) is 15.6. The van der Waals surface area contributed by atoms with Crippen molar-refractivity contribution in [1.82, 2.24) is 5.32 Å². The summed E-state index contributed by atoms with van der Waals surface area (Å²) in [5.74, 6) is -0.924. The minimum atomic E-state index is -1.22. The molecule has 0 saturated heterocycles. The first-order valence-corrected chi connectivity index (χ1v) is 6.80. The number of benzene rings is 2. The number of nitrogens with one attached hydrogen (secondary N) is 1. The van der Waals surface area contributed by atoms with Crippen molar-refractivity contribution in [2.45, 2.75) is 12.5 Å². The fourth-order valence-corrected chi connectivity index (χ4v) is 2.09. The molecule has 2 aromatic carbocycles. The van der Waals surface area contributed by atoms with E-state index in [0.717, 1.165) is 0 Å². The molecule has 1 amide bonds. The van der Waals surface area contributed by atoms with Crippen molar-refractivity contribution in [3.05, 3.63) is 65.7 Å². The summed E-state index contributed by atoms with van der Waals surface area (Å²) in [4.78, 5) is 23.1. The summed E-state index contributed by atoms with van der Waals surface area (Å²) in [6, 6.07) is 14.9. The van der Waals surface area contributed by atoms with Crippen LogP contribution in [0.15, 0.2) is 54.6 Å². The molecule has 0 aromatic heterocycles. The highest BCUT2D eigenvalue weighted by Gasteiger charge is 2.16. The highest BCUT2D eigenvalue weighted by molar-refractivity contribution is 5.94. The maximum absolute atomic E-state index is 12.2. The van der Waals surface area contributed by atoms with Crippen LogP contribution in [0.5, 0.6) is 5.75 Å². The number of carbonyl (C=O) groups is 2. The van der Waals surface area contributed by atoms with Gasteiger partial charge in [-0.15, -0.1) is 0 Å². The lowest BCUT2D eigenvalue weighted by Gasteiger charge is -2.20. The number of rotatable bonds is 6. The van der Waals surface area contributed by atoms with Gasteiger partial charge in [0, 0.05) is 18.0 Å². The topological polar surface area (TPSA) is 78.5 Å². The molecule has 2 aromatic rings. The normalized spacial score (nSPS) is 11.5. The van der Waals surface area contributed by atoms with Crippen LogP contribution in [-0.4, -0.2) is 19.0 Å². The van der Waals surface area contributed by atoms with Gasteiger partial charge in [0.05, 0.1) is 13.2 Å². The number of hydrogen-bond acceptors (Lipinski definition) is 4. The number of carboxylic acid groups (broad SMARTS) is 1. The van der Waals surface area contributed by atoms with Gasteiger partial charge >= 0.3 is 0 Å². The van der Waals surface area contributed by atoms with Crippen molar-refractivity contribution in [2.75, 3.05) is 7.11 Å². The minimum Gasteiger partial charge on any atom is -0.550 e. The van der Waals surface area contributed by atoms with E-state index < -0.39 is 12.0 Å². The first-order valence-electron chi connectivity index (χ1n) is 6.80. The van der Waals surface area contributed by atoms with Gasteiger partial charge in [-0.25, -0.2) is 0 Å². The molecule has 0 heterocycles. The molecule has 0 aliphatic rings. The molecule has 2 rings (SSSR count). The second-order valence-electron chi connectivity index (χ2n) is 4.74. The zero-order chi connectivity index (χ0) is 15.9. The molecule has 5 heteroatoms. The van der Waals surface area contributed by atoms with E-state index in [2.05, 4.69) is 5.32 Å². The van der Waals surface area contributed by atoms with E-state index in [1.165, 1.54) is 0 Å². The van der Waals surface area contributed by atoms with Crippen LogP contribution in [0.1, 0.15) is 28.4 Å². The zero-order valence-electron chi connectivity index (χ0n) is 12.1. The van der Waals surface area contributed by atoms with Gasteiger partial charge in [0.15, 0.2) is 0 Å². The largest absolute Gasteiger partial charge is 0.550 e. The van der Waals surface area contributed by atoms with E-state index >= 15 is 0 Å². The minimum absolute atomic E-state index is 0.286. The Bertz CT molecular complexity index is 637. The Morgan fingerprint density at radius 3 is 2.27 bits per heavy atom. The molecule has 22 heavy (non-hydrogen) atoms. The lowest BCUT2D eigenvalue weighted by atomic mass is 10.0. The number of amides is 1. The standard InChI is InChI=1S/C17H17NO4/c1-22-14-9-7-13(8-10-14)17(21)18-15(11-16(19)20)12-5-3-2-4-6-12/h2-10,15H,11H2,1H3,(H,18,21)(H,19,20)/p-1. The summed E-state index contributed by atoms with van der Waals surface area (Å²) >= 11 is 0. The van der Waals surface area contributed by atoms with Gasteiger partial charge in [0.25, 0.3) is 5.91 Å². The zero-order valence-corrected chi connectivity index (χ0v) is 12.1. The van der Waals surface area contributed by atoms with Crippen molar-refractivity contribution in [3.8, 4) is 5.75 Å². The van der Waals surface area contributed by atoms with Gasteiger partial charge in [-0.05, 0) is 29.8 Å². The molecule has 0 aliphatic carbocycles. The smallest absolute Gasteiger partial charge is 0.251 e. The molecular formula is C17H16NO4-. The third-order valence-electron chi connectivity index (χ3n) is 3.23. The van der Waals surface area contributed by atoms with E-state index in [0.29, 0.717) is 16.9 Å². The molecule has 0 radical (unpaired) electrons. The fraction of sp³-hybridized carbons (Fsp3) is 0.176. The molecule has 114 valence electrons. The van der Waals surface area contributed by atoms with Crippen LogP contribution in [0.3, 0.4) is 0 Å². The summed E-state index contributed by atoms with van der Waals surface area (Å²) in [5.41, 5.74) is 1.15. The quantitative estimate of drug-likeness (QED) is 0.872. The lowest BCUT2D eigenvalue weighted by molar-refractivity contribution is -0.306. The van der Waals surface area contributed by atoms with Crippen LogP contribution in [0.25, 0.3) is 0 Å². The summed E-state index contributed by atoms with van der Waals surface area (Å²) in [7, 11) is 1.54. The lowest BCUT2D eigenvalue weighted by Crippen LogP contribution is -2.34. The number of methoxy groups -OCH3 is 1. The Labute approximate surface area is 128 Å². The number of carbonyl (C=O) groups excluding carboxylic acids is 2. The number of aliphatic carboxylic acids is 1. The van der Waals surface area contributed by atoms with E-state index in [1.807, 2.05) is 6.07 Å². The molecule has 0 spiro atoms. The van der Waals surface area contributed by atoms with Crippen LogP contribution in [-0.2, 0) is 4.79 Å². The number of carboxylic acids is 1. The molecular weight excluding hydrogens is 282 g/mol. The van der Waals surface area contributed by atoms with Crippen LogP contribution < -0.4 is 15.2 Å². The third kappa shape index (κ3) is 4.09. The maximum atomic E-state index is 12.2. The SMILES string of the molecule is COc1ccc(C(=O)NC(CC(=O)[O-])c2ccccc2)cc1. The average molecular weight is 298 g/mol. The Morgan fingerprint density at radius 2 is 1.73 bits per heavy atom. The van der Waals surface area contributed by atoms with Crippen molar-refractivity contribution in [1.29, 1.82) is 0 Å². The van der Waals surface area contributed by atoms with Crippen molar-refractivity contribution < 1.29 is 19.4 Å². The molecule has 1 N–H and O–H groups in total. The molecule has 0 saturated carbocycles. The van der Waals surface area contributed by atoms with Crippen molar-refractivity contribution in [3.63, 3.8) is 0 Å². The monoisotopic (exact) mass is 298 g/mol. The Kier molecular flexibility index (Phi) is 5.14. The second kappa shape index (κ2) is 7.26. The van der Waals surface area contributed by atoms with Gasteiger partial charge in [-0.3, -0.25) is 4.79 Å². The number of hydrogen-bond donors (Lipinski definition) is 1. The summed E-state index contributed by atoms with van der Waals surface area (Å²) in [5, 5.41) is 13.6. The van der Waals surface area contributed by atoms with Gasteiger partial charge in [-0.2, -0.15) is 0 Å². The van der Waals surface area contributed by atoms with Crippen molar-refractivity contribution >= 4 is 11.9 Å². The summed E-state index contributed by atoms with van der Waals surface area (Å²) in [6.07, 6.45) is -0.286. The Balaban J connectivity index is 2.15. The van der Waals surface area contributed by atoms with Crippen molar-refractivity contribution in [2.24, 2.45) is 0 Å². The molecule has 0 bridgehead atoms. The van der Waals surface area contributed by atoms with Crippen LogP contribution in [0.2, 0.25) is 0 Å². The third-order valence-corrected chi connectivity index (χ3v) is 3.23. The van der Waals surface area contributed by atoms with Gasteiger partial charge in [-0.1, -0.05) is 30.3 Å². The van der Waals surface area contributed by atoms with Crippen LogP contribution >= 0.6 is 0 Å². The maximum Gasteiger partial charge on any atom is 0.251 e. The predicted molar refractivity (Wildman–Crippen MR) is 79.3 cm³/mol. The summed E-state index contributed by atoms with van der Waals surface area (Å²) in [6.45, 7) is 0. The van der Waals surface area contributed by atoms with Gasteiger partial charge in [0.2, 0.25) is 0 Å². The predicted octanol–water partition coefficient (Wildman–Crippen LogP) is 1.31. The average Bonchev–Trinajstić information content (AvgIpc) is 2.54. The Morgan fingerprint density at radius 1 is 1.09 bits per heavy atom. The van der Waals surface area contributed by atoms with Gasteiger partial charge < -0.3 is 20.0 Å². The van der Waals surface area contributed by atoms with Crippen LogP contribution in [0, 0.1) is 0 Å². The molecule has 0 aliphatic heterocycles. The van der Waals surface area contributed by atoms with Crippen LogP contribution in [0.4, 0.5) is 0 Å². The van der Waals surface area contributed by atoms with E-state index in [1.54, 1.807) is 55.6 Å². The molecule has 1 unspecified atom stereocenters. The molecule has 5 nitrogen and oxygen atoms in total. The molecule has 0 fully saturated rings. The Hall–Kier alpha value is -2.82. The van der Waals surface area contributed by atoms with E-state index in [4.69, 9.17) is 4.74 Å². The summed E-state index contributed by atoms with van der Waals surface area (Å²) < 4.78 is 5.03. The van der Waals surface area contributed by atoms with E-state index in [9.17, 15) is 14.7 Å². The second-order valence-corrected chi connectivity index (χ2v) is 4.74. The van der Waals surface area contributed by atoms with E-state index in [-0.39, 0.29) is 12.3 Å². The first-order chi connectivity index (χ1) is 10.6. The molecule has 1 atom stereocenters. The highest BCUT2D eigenvalue weighted by Crippen LogP contribution is 2.18. The number of ether oxygens (including phenoxy) is 1. The fourth-order valence-electron chi connectivity index (χ4n) is 2.09. The van der Waals surface area contributed by atoms with Gasteiger partial charge in [0.1, 0.15) is 5.75 Å². The highest BCUT2D eigenvalue weighted by atomic mass is 16.5.